The minimum atomic E-state index is -0.550. The number of carbonyl (C=O) groups excluding carboxylic acids is 1. The maximum absolute atomic E-state index is 11.7. The van der Waals surface area contributed by atoms with Crippen molar-refractivity contribution >= 4 is 23.4 Å². The van der Waals surface area contributed by atoms with Gasteiger partial charge in [0.2, 0.25) is 17.7 Å². The van der Waals surface area contributed by atoms with Gasteiger partial charge in [0.25, 0.3) is 0 Å². The van der Waals surface area contributed by atoms with Crippen molar-refractivity contribution in [2.45, 2.75) is 20.8 Å². The molecule has 0 fully saturated rings. The lowest BCUT2D eigenvalue weighted by atomic mass is 10.4. The summed E-state index contributed by atoms with van der Waals surface area (Å²) < 4.78 is 0. The molecule has 1 aromatic heterocycles. The highest BCUT2D eigenvalue weighted by Crippen LogP contribution is 2.25. The lowest BCUT2D eigenvalue weighted by Gasteiger charge is -2.21. The van der Waals surface area contributed by atoms with Crippen molar-refractivity contribution in [1.82, 2.24) is 15.3 Å². The Morgan fingerprint density at radius 1 is 1.38 bits per heavy atom. The van der Waals surface area contributed by atoms with Crippen molar-refractivity contribution in [3.05, 3.63) is 16.3 Å². The van der Waals surface area contributed by atoms with Crippen molar-refractivity contribution in [1.29, 1.82) is 0 Å². The molecule has 0 spiro atoms. The molecule has 116 valence electrons. The van der Waals surface area contributed by atoms with Crippen molar-refractivity contribution in [2.75, 3.05) is 36.4 Å². The first-order chi connectivity index (χ1) is 10.0. The number of aromatic nitrogens is 2. The van der Waals surface area contributed by atoms with Crippen LogP contribution in [0.25, 0.3) is 0 Å². The molecular weight excluding hydrogens is 276 g/mol. The third-order valence-electron chi connectivity index (χ3n) is 2.67. The lowest BCUT2D eigenvalue weighted by molar-refractivity contribution is -0.384. The molecule has 1 aromatic rings. The molecule has 0 aliphatic carbocycles. The topological polar surface area (TPSA) is 113 Å². The number of rotatable bonds is 8. The van der Waals surface area contributed by atoms with Gasteiger partial charge in [-0.2, -0.15) is 4.98 Å². The standard InChI is InChI=1S/C12H20N6O3/c1-4-13-10(19)8-17(6-3)11-9(18(20)21)7-15-12(16-11)14-5-2/h7H,4-6,8H2,1-3H3,(H,13,19)(H,14,15,16). The zero-order chi connectivity index (χ0) is 15.8. The van der Waals surface area contributed by atoms with Crippen LogP contribution in [0.15, 0.2) is 6.20 Å². The van der Waals surface area contributed by atoms with E-state index in [1.165, 1.54) is 0 Å². The number of nitro groups is 1. The predicted molar refractivity (Wildman–Crippen MR) is 79.4 cm³/mol. The Morgan fingerprint density at radius 2 is 2.10 bits per heavy atom. The van der Waals surface area contributed by atoms with Crippen LogP contribution in [-0.4, -0.2) is 47.0 Å². The van der Waals surface area contributed by atoms with Gasteiger partial charge in [0.15, 0.2) is 0 Å². The molecule has 0 aliphatic rings. The first kappa shape index (κ1) is 16.6. The second-order valence-corrected chi connectivity index (χ2v) is 4.16. The molecule has 9 heteroatoms. The largest absolute Gasteiger partial charge is 0.355 e. The van der Waals surface area contributed by atoms with Crippen molar-refractivity contribution in [2.24, 2.45) is 0 Å². The maximum Gasteiger partial charge on any atom is 0.329 e. The summed E-state index contributed by atoms with van der Waals surface area (Å²) in [5, 5.41) is 16.7. The Kier molecular flexibility index (Phi) is 6.31. The molecule has 2 N–H and O–H groups in total. The summed E-state index contributed by atoms with van der Waals surface area (Å²) in [5.74, 6) is 0.226. The number of likely N-dealkylation sites (N-methyl/N-ethyl adjacent to an activating group) is 2. The fourth-order valence-corrected chi connectivity index (χ4v) is 1.73. The van der Waals surface area contributed by atoms with Gasteiger partial charge >= 0.3 is 5.69 Å². The SMILES string of the molecule is CCNC(=O)CN(CC)c1nc(NCC)ncc1[N+](=O)[O-]. The van der Waals surface area contributed by atoms with Gasteiger partial charge in [0, 0.05) is 19.6 Å². The van der Waals surface area contributed by atoms with Crippen molar-refractivity contribution in [3.63, 3.8) is 0 Å². The van der Waals surface area contributed by atoms with Gasteiger partial charge in [-0.15, -0.1) is 0 Å². The quantitative estimate of drug-likeness (QED) is 0.538. The molecule has 0 bridgehead atoms. The summed E-state index contributed by atoms with van der Waals surface area (Å²) in [5.41, 5.74) is -0.220. The highest BCUT2D eigenvalue weighted by Gasteiger charge is 2.23. The van der Waals surface area contributed by atoms with Crippen LogP contribution in [0.2, 0.25) is 0 Å². The van der Waals surface area contributed by atoms with Gasteiger partial charge in [-0.05, 0) is 20.8 Å². The molecule has 1 rings (SSSR count). The predicted octanol–water partition coefficient (Wildman–Crippen LogP) is 0.779. The number of nitrogens with zero attached hydrogens (tertiary/aromatic N) is 4. The zero-order valence-electron chi connectivity index (χ0n) is 12.4. The molecule has 0 aliphatic heterocycles. The number of amides is 1. The van der Waals surface area contributed by atoms with E-state index in [0.29, 0.717) is 25.6 Å². The summed E-state index contributed by atoms with van der Waals surface area (Å²) in [6, 6.07) is 0. The molecular formula is C12H20N6O3. The molecule has 0 unspecified atom stereocenters. The van der Waals surface area contributed by atoms with Crippen molar-refractivity contribution in [3.8, 4) is 0 Å². The van der Waals surface area contributed by atoms with E-state index in [9.17, 15) is 14.9 Å². The van der Waals surface area contributed by atoms with E-state index in [2.05, 4.69) is 20.6 Å². The number of nitrogens with one attached hydrogen (secondary N) is 2. The summed E-state index contributed by atoms with van der Waals surface area (Å²) >= 11 is 0. The lowest BCUT2D eigenvalue weighted by Crippen LogP contribution is -2.38. The Morgan fingerprint density at radius 3 is 2.62 bits per heavy atom. The number of hydrogen-bond acceptors (Lipinski definition) is 7. The van der Waals surface area contributed by atoms with E-state index in [1.807, 2.05) is 13.8 Å². The molecule has 9 nitrogen and oxygen atoms in total. The summed E-state index contributed by atoms with van der Waals surface area (Å²) in [7, 11) is 0. The van der Waals surface area contributed by atoms with Crippen LogP contribution in [0.3, 0.4) is 0 Å². The van der Waals surface area contributed by atoms with Crippen LogP contribution in [-0.2, 0) is 4.79 Å². The van der Waals surface area contributed by atoms with Gasteiger partial charge in [-0.1, -0.05) is 0 Å². The molecule has 0 radical (unpaired) electrons. The van der Waals surface area contributed by atoms with Crippen LogP contribution in [0.5, 0.6) is 0 Å². The highest BCUT2D eigenvalue weighted by molar-refractivity contribution is 5.81. The first-order valence-electron chi connectivity index (χ1n) is 6.80. The number of carbonyl (C=O) groups is 1. The number of anilines is 2. The fraction of sp³-hybridized carbons (Fsp3) is 0.583. The smallest absolute Gasteiger partial charge is 0.329 e. The van der Waals surface area contributed by atoms with E-state index >= 15 is 0 Å². The Hall–Kier alpha value is -2.45. The fourth-order valence-electron chi connectivity index (χ4n) is 1.73. The monoisotopic (exact) mass is 296 g/mol. The molecule has 0 aromatic carbocycles. The van der Waals surface area contributed by atoms with Gasteiger partial charge in [0.1, 0.15) is 6.20 Å². The zero-order valence-corrected chi connectivity index (χ0v) is 12.4. The summed E-state index contributed by atoms with van der Waals surface area (Å²) in [4.78, 5) is 31.8. The van der Waals surface area contributed by atoms with E-state index in [1.54, 1.807) is 11.8 Å². The third kappa shape index (κ3) is 4.55. The normalized spacial score (nSPS) is 10.0. The average Bonchev–Trinajstić information content (AvgIpc) is 2.45. The summed E-state index contributed by atoms with van der Waals surface area (Å²) in [6.07, 6.45) is 1.15. The molecule has 0 atom stereocenters. The van der Waals surface area contributed by atoms with Crippen molar-refractivity contribution < 1.29 is 9.72 Å². The minimum absolute atomic E-state index is 0.00770. The van der Waals surface area contributed by atoms with E-state index < -0.39 is 4.92 Å². The van der Waals surface area contributed by atoms with Gasteiger partial charge in [-0.3, -0.25) is 14.9 Å². The van der Waals surface area contributed by atoms with Crippen LogP contribution in [0.1, 0.15) is 20.8 Å². The molecule has 0 saturated carbocycles. The third-order valence-corrected chi connectivity index (χ3v) is 2.67. The van der Waals surface area contributed by atoms with E-state index in [-0.39, 0.29) is 24.0 Å². The van der Waals surface area contributed by atoms with Gasteiger partial charge in [-0.25, -0.2) is 4.98 Å². The Bertz CT molecular complexity index is 508. The first-order valence-corrected chi connectivity index (χ1v) is 6.80. The minimum Gasteiger partial charge on any atom is -0.355 e. The second-order valence-electron chi connectivity index (χ2n) is 4.16. The Labute approximate surface area is 122 Å². The maximum atomic E-state index is 11.7. The molecule has 21 heavy (non-hydrogen) atoms. The van der Waals surface area contributed by atoms with E-state index in [4.69, 9.17) is 0 Å². The van der Waals surface area contributed by atoms with Gasteiger partial charge < -0.3 is 15.5 Å². The van der Waals surface area contributed by atoms with E-state index in [0.717, 1.165) is 6.20 Å². The molecule has 1 amide bonds. The van der Waals surface area contributed by atoms with Crippen LogP contribution >= 0.6 is 0 Å². The Balaban J connectivity index is 3.11. The molecule has 1 heterocycles. The second kappa shape index (κ2) is 7.98. The molecule has 0 saturated heterocycles. The van der Waals surface area contributed by atoms with Gasteiger partial charge in [0.05, 0.1) is 11.5 Å². The average molecular weight is 296 g/mol. The summed E-state index contributed by atoms with van der Waals surface area (Å²) in [6.45, 7) is 7.01. The van der Waals surface area contributed by atoms with Crippen LogP contribution in [0, 0.1) is 10.1 Å². The number of hydrogen-bond donors (Lipinski definition) is 2. The van der Waals surface area contributed by atoms with Crippen LogP contribution in [0.4, 0.5) is 17.5 Å². The van der Waals surface area contributed by atoms with Crippen LogP contribution < -0.4 is 15.5 Å². The highest BCUT2D eigenvalue weighted by atomic mass is 16.6.